The van der Waals surface area contributed by atoms with Crippen molar-refractivity contribution in [3.05, 3.63) is 54.1 Å². The second kappa shape index (κ2) is 10.5. The molecule has 0 saturated carbocycles. The van der Waals surface area contributed by atoms with Crippen LogP contribution in [0.2, 0.25) is 0 Å². The minimum Gasteiger partial charge on any atom is -0.497 e. The Labute approximate surface area is 186 Å². The molecule has 1 aliphatic rings. The highest BCUT2D eigenvalue weighted by atomic mass is 16.5. The molecule has 0 spiro atoms. The standard InChI is InChI=1S/C22H28N6O4/c1-15-5-3-6-16(13-15)25-21(30)27-11-12-28(20(27)19(29)24-10-9-23)22(31)26-17-7-4-8-18(14-17)32-2/h3-8,13-14,20H,9-12,23H2,1-2H3,(H,24,29)(H,25,30)(H,26,31). The van der Waals surface area contributed by atoms with Crippen LogP contribution in [0.1, 0.15) is 5.56 Å². The Morgan fingerprint density at radius 2 is 1.59 bits per heavy atom. The number of carbonyl (C=O) groups is 3. The number of benzene rings is 2. The van der Waals surface area contributed by atoms with Gasteiger partial charge in [0.05, 0.1) is 7.11 Å². The van der Waals surface area contributed by atoms with Gasteiger partial charge in [-0.15, -0.1) is 0 Å². The van der Waals surface area contributed by atoms with Gasteiger partial charge in [0.1, 0.15) is 5.75 Å². The van der Waals surface area contributed by atoms with Crippen molar-refractivity contribution in [2.24, 2.45) is 5.73 Å². The molecule has 1 fully saturated rings. The molecule has 2 aromatic rings. The van der Waals surface area contributed by atoms with Crippen molar-refractivity contribution >= 4 is 29.3 Å². The summed E-state index contributed by atoms with van der Waals surface area (Å²) >= 11 is 0. The predicted molar refractivity (Wildman–Crippen MR) is 121 cm³/mol. The first-order chi connectivity index (χ1) is 15.4. The number of hydrogen-bond donors (Lipinski definition) is 4. The Morgan fingerprint density at radius 3 is 2.16 bits per heavy atom. The van der Waals surface area contributed by atoms with E-state index in [0.29, 0.717) is 17.1 Å². The van der Waals surface area contributed by atoms with E-state index in [4.69, 9.17) is 10.5 Å². The van der Waals surface area contributed by atoms with Crippen molar-refractivity contribution in [3.8, 4) is 5.75 Å². The third-order valence-corrected chi connectivity index (χ3v) is 4.96. The first-order valence-electron chi connectivity index (χ1n) is 10.3. The summed E-state index contributed by atoms with van der Waals surface area (Å²) < 4.78 is 5.18. The molecule has 0 aromatic heterocycles. The lowest BCUT2D eigenvalue weighted by atomic mass is 10.2. The Bertz CT molecular complexity index is 982. The largest absolute Gasteiger partial charge is 0.497 e. The lowest BCUT2D eigenvalue weighted by molar-refractivity contribution is -0.127. The number of nitrogens with one attached hydrogen (secondary N) is 3. The van der Waals surface area contributed by atoms with Crippen LogP contribution in [0.15, 0.2) is 48.5 Å². The van der Waals surface area contributed by atoms with Crippen LogP contribution in [0.3, 0.4) is 0 Å². The fourth-order valence-electron chi connectivity index (χ4n) is 3.44. The van der Waals surface area contributed by atoms with Crippen LogP contribution in [0.4, 0.5) is 21.0 Å². The Morgan fingerprint density at radius 1 is 1.00 bits per heavy atom. The van der Waals surface area contributed by atoms with Gasteiger partial charge < -0.3 is 26.4 Å². The number of urea groups is 2. The third kappa shape index (κ3) is 5.46. The predicted octanol–water partition coefficient (Wildman–Crippen LogP) is 1.79. The first kappa shape index (κ1) is 22.9. The number of methoxy groups -OCH3 is 1. The summed E-state index contributed by atoms with van der Waals surface area (Å²) in [5, 5.41) is 8.23. The van der Waals surface area contributed by atoms with Crippen LogP contribution in [-0.2, 0) is 4.79 Å². The van der Waals surface area contributed by atoms with Crippen molar-refractivity contribution in [2.45, 2.75) is 13.1 Å². The number of hydrogen-bond acceptors (Lipinski definition) is 5. The number of aryl methyl sites for hydroxylation is 1. The van der Waals surface area contributed by atoms with Gasteiger partial charge in [-0.1, -0.05) is 18.2 Å². The number of anilines is 2. The van der Waals surface area contributed by atoms with E-state index in [9.17, 15) is 14.4 Å². The van der Waals surface area contributed by atoms with Gasteiger partial charge in [-0.2, -0.15) is 0 Å². The van der Waals surface area contributed by atoms with Crippen molar-refractivity contribution in [2.75, 3.05) is 43.9 Å². The van der Waals surface area contributed by atoms with E-state index in [1.165, 1.54) is 16.9 Å². The normalized spacial score (nSPS) is 15.3. The molecule has 1 heterocycles. The number of rotatable bonds is 6. The van der Waals surface area contributed by atoms with Crippen LogP contribution in [-0.4, -0.2) is 67.2 Å². The number of nitrogens with two attached hydrogens (primary N) is 1. The highest BCUT2D eigenvalue weighted by molar-refractivity contribution is 5.98. The minimum atomic E-state index is -1.11. The molecule has 5 N–H and O–H groups in total. The molecule has 1 unspecified atom stereocenters. The summed E-state index contributed by atoms with van der Waals surface area (Å²) in [6.07, 6.45) is -1.11. The lowest BCUT2D eigenvalue weighted by Crippen LogP contribution is -2.55. The topological polar surface area (TPSA) is 129 Å². The summed E-state index contributed by atoms with van der Waals surface area (Å²) in [5.41, 5.74) is 7.60. The molecule has 0 aliphatic carbocycles. The number of ether oxygens (including phenoxy) is 1. The smallest absolute Gasteiger partial charge is 0.323 e. The highest BCUT2D eigenvalue weighted by Crippen LogP contribution is 2.21. The number of carbonyl (C=O) groups excluding carboxylic acids is 3. The average molecular weight is 441 g/mol. The van der Waals surface area contributed by atoms with Crippen molar-refractivity contribution < 1.29 is 19.1 Å². The van der Waals surface area contributed by atoms with Crippen LogP contribution in [0.5, 0.6) is 5.75 Å². The Kier molecular flexibility index (Phi) is 7.50. The molecule has 3 rings (SSSR count). The van der Waals surface area contributed by atoms with Gasteiger partial charge in [0.15, 0.2) is 6.17 Å². The molecule has 0 radical (unpaired) electrons. The van der Waals surface area contributed by atoms with E-state index >= 15 is 0 Å². The number of amides is 5. The molecule has 1 saturated heterocycles. The van der Waals surface area contributed by atoms with E-state index in [1.807, 2.05) is 25.1 Å². The summed E-state index contributed by atoms with van der Waals surface area (Å²) in [6.45, 7) is 2.78. The van der Waals surface area contributed by atoms with Gasteiger partial charge in [0, 0.05) is 43.6 Å². The second-order valence-corrected chi connectivity index (χ2v) is 7.30. The van der Waals surface area contributed by atoms with Crippen LogP contribution >= 0.6 is 0 Å². The zero-order chi connectivity index (χ0) is 23.1. The van der Waals surface area contributed by atoms with Gasteiger partial charge in [0.2, 0.25) is 0 Å². The third-order valence-electron chi connectivity index (χ3n) is 4.96. The van der Waals surface area contributed by atoms with Crippen LogP contribution in [0, 0.1) is 6.92 Å². The Hall–Kier alpha value is -3.79. The van der Waals surface area contributed by atoms with Crippen LogP contribution < -0.4 is 26.4 Å². The van der Waals surface area contributed by atoms with Gasteiger partial charge in [0.25, 0.3) is 5.91 Å². The molecular formula is C22H28N6O4. The minimum absolute atomic E-state index is 0.192. The molecule has 10 nitrogen and oxygen atoms in total. The van der Waals surface area contributed by atoms with Gasteiger partial charge >= 0.3 is 12.1 Å². The fraction of sp³-hybridized carbons (Fsp3) is 0.318. The van der Waals surface area contributed by atoms with Crippen molar-refractivity contribution in [1.82, 2.24) is 15.1 Å². The van der Waals surface area contributed by atoms with E-state index in [-0.39, 0.29) is 26.2 Å². The summed E-state index contributed by atoms with van der Waals surface area (Å²) in [5.74, 6) is 0.105. The SMILES string of the molecule is COc1cccc(NC(=O)N2CCN(C(=O)Nc3cccc(C)c3)C2C(=O)NCCN)c1. The molecule has 1 atom stereocenters. The number of nitrogens with zero attached hydrogens (tertiary/aromatic N) is 2. The van der Waals surface area contributed by atoms with Gasteiger partial charge in [-0.3, -0.25) is 14.6 Å². The van der Waals surface area contributed by atoms with E-state index in [2.05, 4.69) is 16.0 Å². The monoisotopic (exact) mass is 440 g/mol. The molecule has 1 aliphatic heterocycles. The second-order valence-electron chi connectivity index (χ2n) is 7.30. The van der Waals surface area contributed by atoms with Crippen molar-refractivity contribution in [1.29, 1.82) is 0 Å². The summed E-state index contributed by atoms with van der Waals surface area (Å²) in [4.78, 5) is 41.5. The van der Waals surface area contributed by atoms with Gasteiger partial charge in [-0.25, -0.2) is 9.59 Å². The maximum Gasteiger partial charge on any atom is 0.323 e. The fourth-order valence-corrected chi connectivity index (χ4v) is 3.44. The first-order valence-corrected chi connectivity index (χ1v) is 10.3. The summed E-state index contributed by atoms with van der Waals surface area (Å²) in [6, 6.07) is 13.2. The lowest BCUT2D eigenvalue weighted by Gasteiger charge is -2.29. The average Bonchev–Trinajstić information content (AvgIpc) is 3.23. The molecule has 0 bridgehead atoms. The molecule has 5 amide bonds. The molecule has 170 valence electrons. The quantitative estimate of drug-likeness (QED) is 0.544. The molecule has 10 heteroatoms. The zero-order valence-corrected chi connectivity index (χ0v) is 18.1. The van der Waals surface area contributed by atoms with Gasteiger partial charge in [-0.05, 0) is 36.8 Å². The van der Waals surface area contributed by atoms with E-state index in [1.54, 1.807) is 30.3 Å². The Balaban J connectivity index is 1.78. The maximum atomic E-state index is 13.0. The highest BCUT2D eigenvalue weighted by Gasteiger charge is 2.42. The molecular weight excluding hydrogens is 412 g/mol. The van der Waals surface area contributed by atoms with E-state index in [0.717, 1.165) is 5.56 Å². The zero-order valence-electron chi connectivity index (χ0n) is 18.1. The molecule has 2 aromatic carbocycles. The van der Waals surface area contributed by atoms with Crippen LogP contribution in [0.25, 0.3) is 0 Å². The summed E-state index contributed by atoms with van der Waals surface area (Å²) in [7, 11) is 1.53. The molecule has 32 heavy (non-hydrogen) atoms. The van der Waals surface area contributed by atoms with E-state index < -0.39 is 24.1 Å². The maximum absolute atomic E-state index is 13.0. The van der Waals surface area contributed by atoms with Crippen molar-refractivity contribution in [3.63, 3.8) is 0 Å².